The third kappa shape index (κ3) is 5.12. The van der Waals surface area contributed by atoms with Gasteiger partial charge in [-0.25, -0.2) is 0 Å². The van der Waals surface area contributed by atoms with Crippen LogP contribution in [0.5, 0.6) is 0 Å². The van der Waals surface area contributed by atoms with Crippen molar-refractivity contribution in [2.45, 2.75) is 33.3 Å². The van der Waals surface area contributed by atoms with Crippen LogP contribution >= 0.6 is 0 Å². The number of hydrogen-bond acceptors (Lipinski definition) is 3. The molecule has 0 N–H and O–H groups in total. The van der Waals surface area contributed by atoms with Crippen LogP contribution in [0.15, 0.2) is 24.3 Å². The monoisotopic (exact) mass is 263 g/mol. The molecule has 1 aromatic carbocycles. The molecule has 0 fully saturated rings. The van der Waals surface area contributed by atoms with Crippen LogP contribution in [0.3, 0.4) is 0 Å². The van der Waals surface area contributed by atoms with E-state index in [0.717, 1.165) is 5.56 Å². The van der Waals surface area contributed by atoms with Crippen molar-refractivity contribution in [3.8, 4) is 0 Å². The first-order valence-electron chi connectivity index (χ1n) is 6.23. The lowest BCUT2D eigenvalue weighted by Crippen LogP contribution is -2.36. The minimum absolute atomic E-state index is 0.0516. The Morgan fingerprint density at radius 1 is 1.16 bits per heavy atom. The number of esters is 1. The van der Waals surface area contributed by atoms with E-state index in [-0.39, 0.29) is 12.5 Å². The van der Waals surface area contributed by atoms with Gasteiger partial charge in [-0.3, -0.25) is 9.59 Å². The number of carbonyl (C=O) groups excluding carboxylic acids is 2. The van der Waals surface area contributed by atoms with Crippen LogP contribution in [0, 0.1) is 6.92 Å². The highest BCUT2D eigenvalue weighted by Crippen LogP contribution is 2.09. The van der Waals surface area contributed by atoms with Gasteiger partial charge < -0.3 is 9.64 Å². The molecule has 19 heavy (non-hydrogen) atoms. The predicted molar refractivity (Wildman–Crippen MR) is 74.0 cm³/mol. The van der Waals surface area contributed by atoms with Gasteiger partial charge in [-0.2, -0.15) is 0 Å². The Labute approximate surface area is 114 Å². The highest BCUT2D eigenvalue weighted by Gasteiger charge is 2.20. The highest BCUT2D eigenvalue weighted by molar-refractivity contribution is 5.95. The minimum atomic E-state index is -0.537. The first-order valence-corrected chi connectivity index (χ1v) is 6.23. The number of ether oxygens (including phenoxy) is 1. The Hall–Kier alpha value is -1.84. The van der Waals surface area contributed by atoms with Crippen LogP contribution in [-0.4, -0.2) is 36.0 Å². The quantitative estimate of drug-likeness (QED) is 0.787. The van der Waals surface area contributed by atoms with Crippen molar-refractivity contribution < 1.29 is 14.3 Å². The predicted octanol–water partition coefficient (Wildman–Crippen LogP) is 2.41. The van der Waals surface area contributed by atoms with Gasteiger partial charge in [0.25, 0.3) is 5.91 Å². The summed E-state index contributed by atoms with van der Waals surface area (Å²) >= 11 is 0. The number of aryl methyl sites for hydroxylation is 1. The molecule has 0 aliphatic rings. The van der Waals surface area contributed by atoms with Crippen molar-refractivity contribution in [2.24, 2.45) is 0 Å². The fourth-order valence-corrected chi connectivity index (χ4v) is 1.56. The van der Waals surface area contributed by atoms with E-state index in [4.69, 9.17) is 4.74 Å². The van der Waals surface area contributed by atoms with E-state index in [1.54, 1.807) is 40.0 Å². The second-order valence-electron chi connectivity index (χ2n) is 5.61. The number of likely N-dealkylation sites (N-methyl/N-ethyl adjacent to an activating group) is 1. The third-order valence-corrected chi connectivity index (χ3v) is 2.43. The maximum absolute atomic E-state index is 12.1. The van der Waals surface area contributed by atoms with Gasteiger partial charge >= 0.3 is 5.97 Å². The summed E-state index contributed by atoms with van der Waals surface area (Å²) in [6, 6.07) is 7.25. The number of hydrogen-bond donors (Lipinski definition) is 0. The largest absolute Gasteiger partial charge is 0.459 e. The molecule has 0 saturated heterocycles. The van der Waals surface area contributed by atoms with E-state index < -0.39 is 11.6 Å². The van der Waals surface area contributed by atoms with E-state index in [0.29, 0.717) is 5.56 Å². The molecule has 0 atom stereocenters. The summed E-state index contributed by atoms with van der Waals surface area (Å²) in [5.74, 6) is -0.596. The summed E-state index contributed by atoms with van der Waals surface area (Å²) in [6.45, 7) is 7.30. The van der Waals surface area contributed by atoms with Gasteiger partial charge in [-0.15, -0.1) is 0 Å². The zero-order chi connectivity index (χ0) is 14.6. The van der Waals surface area contributed by atoms with Gasteiger partial charge in [0.1, 0.15) is 12.1 Å². The molecule has 0 aromatic heterocycles. The van der Waals surface area contributed by atoms with Crippen molar-refractivity contribution in [3.63, 3.8) is 0 Å². The van der Waals surface area contributed by atoms with Gasteiger partial charge in [-0.1, -0.05) is 17.7 Å². The second kappa shape index (κ2) is 5.87. The van der Waals surface area contributed by atoms with Crippen LogP contribution in [0.1, 0.15) is 36.7 Å². The van der Waals surface area contributed by atoms with Crippen molar-refractivity contribution in [1.82, 2.24) is 4.90 Å². The maximum atomic E-state index is 12.1. The Morgan fingerprint density at radius 3 is 2.16 bits per heavy atom. The number of amides is 1. The number of benzene rings is 1. The molecular weight excluding hydrogens is 242 g/mol. The van der Waals surface area contributed by atoms with Crippen molar-refractivity contribution in [1.29, 1.82) is 0 Å². The smallest absolute Gasteiger partial charge is 0.326 e. The van der Waals surface area contributed by atoms with Crippen LogP contribution in [0.25, 0.3) is 0 Å². The standard InChI is InChI=1S/C15H21NO3/c1-11-6-8-12(9-7-11)14(18)16(5)10-13(17)19-15(2,3)4/h6-9H,10H2,1-5H3. The molecule has 1 rings (SSSR count). The fraction of sp³-hybridized carbons (Fsp3) is 0.467. The van der Waals surface area contributed by atoms with Crippen LogP contribution in [0.2, 0.25) is 0 Å². The molecule has 0 bridgehead atoms. The molecule has 0 aliphatic carbocycles. The summed E-state index contributed by atoms with van der Waals surface area (Å²) in [4.78, 5) is 25.1. The van der Waals surface area contributed by atoms with Gasteiger partial charge in [0.15, 0.2) is 0 Å². The third-order valence-electron chi connectivity index (χ3n) is 2.43. The summed E-state index contributed by atoms with van der Waals surface area (Å²) in [5.41, 5.74) is 1.12. The molecular formula is C15H21NO3. The van der Waals surface area contributed by atoms with E-state index in [1.165, 1.54) is 4.90 Å². The molecule has 104 valence electrons. The van der Waals surface area contributed by atoms with Crippen molar-refractivity contribution in [3.05, 3.63) is 35.4 Å². The number of carbonyl (C=O) groups is 2. The molecule has 0 radical (unpaired) electrons. The Kier molecular flexibility index (Phi) is 4.70. The lowest BCUT2D eigenvalue weighted by Gasteiger charge is -2.22. The van der Waals surface area contributed by atoms with Gasteiger partial charge in [0.2, 0.25) is 0 Å². The first-order chi connectivity index (χ1) is 8.69. The topological polar surface area (TPSA) is 46.6 Å². The van der Waals surface area contributed by atoms with Crippen LogP contribution in [0.4, 0.5) is 0 Å². The van der Waals surface area contributed by atoms with Gasteiger partial charge in [-0.05, 0) is 39.8 Å². The molecule has 1 amide bonds. The second-order valence-corrected chi connectivity index (χ2v) is 5.61. The summed E-state index contributed by atoms with van der Waals surface area (Å²) in [7, 11) is 1.59. The van der Waals surface area contributed by atoms with Crippen molar-refractivity contribution >= 4 is 11.9 Å². The molecule has 0 aliphatic heterocycles. The SMILES string of the molecule is Cc1ccc(C(=O)N(C)CC(=O)OC(C)(C)C)cc1. The van der Waals surface area contributed by atoms with E-state index >= 15 is 0 Å². The first kappa shape index (κ1) is 15.2. The summed E-state index contributed by atoms with van der Waals surface area (Å²) < 4.78 is 5.18. The molecule has 0 saturated carbocycles. The average molecular weight is 263 g/mol. The van der Waals surface area contributed by atoms with Crippen LogP contribution in [-0.2, 0) is 9.53 Å². The molecule has 4 nitrogen and oxygen atoms in total. The maximum Gasteiger partial charge on any atom is 0.326 e. The normalized spacial score (nSPS) is 11.0. The van der Waals surface area contributed by atoms with E-state index in [2.05, 4.69) is 0 Å². The van der Waals surface area contributed by atoms with Gasteiger partial charge in [0.05, 0.1) is 0 Å². The minimum Gasteiger partial charge on any atom is -0.459 e. The zero-order valence-corrected chi connectivity index (χ0v) is 12.2. The van der Waals surface area contributed by atoms with E-state index in [9.17, 15) is 9.59 Å². The molecule has 0 spiro atoms. The summed E-state index contributed by atoms with van der Waals surface area (Å²) in [6.07, 6.45) is 0. The zero-order valence-electron chi connectivity index (χ0n) is 12.2. The fourth-order valence-electron chi connectivity index (χ4n) is 1.56. The Morgan fingerprint density at radius 2 is 1.68 bits per heavy atom. The lowest BCUT2D eigenvalue weighted by atomic mass is 10.1. The van der Waals surface area contributed by atoms with Gasteiger partial charge in [0, 0.05) is 12.6 Å². The van der Waals surface area contributed by atoms with E-state index in [1.807, 2.05) is 19.1 Å². The van der Waals surface area contributed by atoms with Crippen LogP contribution < -0.4 is 0 Å². The molecule has 0 unspecified atom stereocenters. The Bertz CT molecular complexity index is 457. The molecule has 4 heteroatoms. The number of nitrogens with zero attached hydrogens (tertiary/aromatic N) is 1. The van der Waals surface area contributed by atoms with Crippen molar-refractivity contribution in [2.75, 3.05) is 13.6 Å². The summed E-state index contributed by atoms with van der Waals surface area (Å²) in [5, 5.41) is 0. The molecule has 0 heterocycles. The lowest BCUT2D eigenvalue weighted by molar-refractivity contribution is -0.155. The average Bonchev–Trinajstić information content (AvgIpc) is 2.26. The number of rotatable bonds is 3. The molecule has 1 aromatic rings. The Balaban J connectivity index is 2.63. The highest BCUT2D eigenvalue weighted by atomic mass is 16.6.